The summed E-state index contributed by atoms with van der Waals surface area (Å²) in [7, 11) is 0. The summed E-state index contributed by atoms with van der Waals surface area (Å²) in [4.78, 5) is 21.1. The Morgan fingerprint density at radius 1 is 1.19 bits per heavy atom. The fourth-order valence-electron chi connectivity index (χ4n) is 1.80. The Balaban J connectivity index is 2.16. The topological polar surface area (TPSA) is 54.9 Å². The van der Waals surface area contributed by atoms with Crippen molar-refractivity contribution < 1.29 is 4.79 Å². The number of aryl methyl sites for hydroxylation is 1. The van der Waals surface area contributed by atoms with Gasteiger partial charge in [-0.2, -0.15) is 0 Å². The Bertz CT molecular complexity index is 638. The first-order valence-corrected chi connectivity index (χ1v) is 7.67. The zero-order chi connectivity index (χ0) is 15.4. The molecule has 1 N–H and O–H groups in total. The number of hydrogen-bond acceptors (Lipinski definition) is 4. The molecular formula is C16H19N3OS. The lowest BCUT2D eigenvalue weighted by Gasteiger charge is -2.08. The molecule has 2 aromatic rings. The first-order valence-electron chi connectivity index (χ1n) is 6.85. The zero-order valence-electron chi connectivity index (χ0n) is 12.7. The molecule has 110 valence electrons. The van der Waals surface area contributed by atoms with Crippen molar-refractivity contribution in [2.75, 3.05) is 5.32 Å². The van der Waals surface area contributed by atoms with Crippen LogP contribution in [0.4, 0.5) is 5.69 Å². The Morgan fingerprint density at radius 3 is 2.43 bits per heavy atom. The third-order valence-corrected chi connectivity index (χ3v) is 3.69. The van der Waals surface area contributed by atoms with E-state index in [0.29, 0.717) is 5.92 Å². The van der Waals surface area contributed by atoms with Crippen LogP contribution >= 0.6 is 11.8 Å². The smallest absolute Gasteiger partial charge is 0.221 e. The summed E-state index contributed by atoms with van der Waals surface area (Å²) < 4.78 is 0. The number of benzene rings is 1. The maximum Gasteiger partial charge on any atom is 0.221 e. The lowest BCUT2D eigenvalue weighted by atomic mass is 10.2. The summed E-state index contributed by atoms with van der Waals surface area (Å²) in [5.74, 6) is 1.11. The standard InChI is InChI=1S/C16H19N3OS/c1-10(2)16-17-11(3)9-15(19-16)21-14-7-5-13(6-8-14)18-12(4)20/h5-10H,1-4H3,(H,18,20). The summed E-state index contributed by atoms with van der Waals surface area (Å²) in [6.45, 7) is 7.66. The second-order valence-electron chi connectivity index (χ2n) is 5.17. The normalized spacial score (nSPS) is 10.7. The number of amides is 1. The highest BCUT2D eigenvalue weighted by Crippen LogP contribution is 2.28. The molecule has 1 aromatic carbocycles. The van der Waals surface area contributed by atoms with Gasteiger partial charge in [-0.3, -0.25) is 4.79 Å². The van der Waals surface area contributed by atoms with Crippen LogP contribution in [0.1, 0.15) is 38.2 Å². The third-order valence-electron chi connectivity index (χ3n) is 2.76. The van der Waals surface area contributed by atoms with Crippen LogP contribution in [0.3, 0.4) is 0 Å². The van der Waals surface area contributed by atoms with Gasteiger partial charge in [0.25, 0.3) is 0 Å². The molecule has 4 nitrogen and oxygen atoms in total. The Hall–Kier alpha value is -1.88. The minimum absolute atomic E-state index is 0.0663. The van der Waals surface area contributed by atoms with Gasteiger partial charge in [0.15, 0.2) is 0 Å². The molecule has 2 rings (SSSR count). The molecule has 0 unspecified atom stereocenters. The van der Waals surface area contributed by atoms with Gasteiger partial charge in [0.05, 0.1) is 0 Å². The molecule has 0 fully saturated rings. The van der Waals surface area contributed by atoms with E-state index in [1.54, 1.807) is 11.8 Å². The molecule has 0 radical (unpaired) electrons. The highest BCUT2D eigenvalue weighted by Gasteiger charge is 2.07. The second-order valence-corrected chi connectivity index (χ2v) is 6.26. The molecule has 0 saturated heterocycles. The van der Waals surface area contributed by atoms with Crippen molar-refractivity contribution >= 4 is 23.4 Å². The summed E-state index contributed by atoms with van der Waals surface area (Å²) in [5.41, 5.74) is 1.78. The molecule has 1 amide bonds. The predicted octanol–water partition coefficient (Wildman–Crippen LogP) is 4.02. The van der Waals surface area contributed by atoms with E-state index in [0.717, 1.165) is 27.1 Å². The number of hydrogen-bond donors (Lipinski definition) is 1. The van der Waals surface area contributed by atoms with Gasteiger partial charge < -0.3 is 5.32 Å². The molecule has 0 atom stereocenters. The minimum atomic E-state index is -0.0663. The van der Waals surface area contributed by atoms with Gasteiger partial charge >= 0.3 is 0 Å². The molecule has 0 bridgehead atoms. The first-order chi connectivity index (χ1) is 9.94. The van der Waals surface area contributed by atoms with Gasteiger partial charge in [0.1, 0.15) is 10.9 Å². The number of rotatable bonds is 4. The molecule has 1 heterocycles. The van der Waals surface area contributed by atoms with Crippen LogP contribution in [0, 0.1) is 6.92 Å². The van der Waals surface area contributed by atoms with Gasteiger partial charge in [-0.05, 0) is 37.3 Å². The zero-order valence-corrected chi connectivity index (χ0v) is 13.5. The molecule has 0 aliphatic heterocycles. The van der Waals surface area contributed by atoms with E-state index in [1.807, 2.05) is 37.3 Å². The Kier molecular flexibility index (Phi) is 4.96. The van der Waals surface area contributed by atoms with Crippen LogP contribution in [0.5, 0.6) is 0 Å². The SMILES string of the molecule is CC(=O)Nc1ccc(Sc2cc(C)nc(C(C)C)n2)cc1. The number of nitrogens with zero attached hydrogens (tertiary/aromatic N) is 2. The lowest BCUT2D eigenvalue weighted by molar-refractivity contribution is -0.114. The van der Waals surface area contributed by atoms with E-state index in [2.05, 4.69) is 29.1 Å². The monoisotopic (exact) mass is 301 g/mol. The van der Waals surface area contributed by atoms with Crippen molar-refractivity contribution in [3.8, 4) is 0 Å². The maximum atomic E-state index is 11.0. The predicted molar refractivity (Wildman–Crippen MR) is 85.7 cm³/mol. The average Bonchev–Trinajstić information content (AvgIpc) is 2.39. The van der Waals surface area contributed by atoms with Crippen molar-refractivity contribution in [3.05, 3.63) is 41.9 Å². The van der Waals surface area contributed by atoms with Crippen LogP contribution in [0.2, 0.25) is 0 Å². The molecule has 1 aromatic heterocycles. The molecular weight excluding hydrogens is 282 g/mol. The quantitative estimate of drug-likeness (QED) is 0.867. The van der Waals surface area contributed by atoms with Crippen molar-refractivity contribution in [1.29, 1.82) is 0 Å². The van der Waals surface area contributed by atoms with Crippen LogP contribution in [-0.2, 0) is 4.79 Å². The largest absolute Gasteiger partial charge is 0.326 e. The summed E-state index contributed by atoms with van der Waals surface area (Å²) >= 11 is 1.60. The number of anilines is 1. The summed E-state index contributed by atoms with van der Waals surface area (Å²) in [6, 6.07) is 9.71. The maximum absolute atomic E-state index is 11.0. The van der Waals surface area contributed by atoms with Crippen LogP contribution in [-0.4, -0.2) is 15.9 Å². The van der Waals surface area contributed by atoms with E-state index in [9.17, 15) is 4.79 Å². The third kappa shape index (κ3) is 4.56. The number of aromatic nitrogens is 2. The molecule has 5 heteroatoms. The molecule has 21 heavy (non-hydrogen) atoms. The van der Waals surface area contributed by atoms with E-state index >= 15 is 0 Å². The highest BCUT2D eigenvalue weighted by molar-refractivity contribution is 7.99. The van der Waals surface area contributed by atoms with Gasteiger partial charge in [-0.25, -0.2) is 9.97 Å². The number of nitrogens with one attached hydrogen (secondary N) is 1. The average molecular weight is 301 g/mol. The first kappa shape index (κ1) is 15.5. The highest BCUT2D eigenvalue weighted by atomic mass is 32.2. The summed E-state index contributed by atoms with van der Waals surface area (Å²) in [5, 5.41) is 3.70. The Morgan fingerprint density at radius 2 is 1.86 bits per heavy atom. The molecule has 0 saturated carbocycles. The second kappa shape index (κ2) is 6.72. The van der Waals surface area contributed by atoms with Crippen molar-refractivity contribution in [1.82, 2.24) is 9.97 Å². The lowest BCUT2D eigenvalue weighted by Crippen LogP contribution is -2.05. The van der Waals surface area contributed by atoms with Crippen LogP contribution in [0.15, 0.2) is 40.3 Å². The minimum Gasteiger partial charge on any atom is -0.326 e. The van der Waals surface area contributed by atoms with Gasteiger partial charge in [-0.1, -0.05) is 25.6 Å². The Labute approximate surface area is 129 Å². The van der Waals surface area contributed by atoms with E-state index in [-0.39, 0.29) is 5.91 Å². The molecule has 0 aliphatic carbocycles. The fourth-order valence-corrected chi connectivity index (χ4v) is 2.68. The van der Waals surface area contributed by atoms with Gasteiger partial charge in [-0.15, -0.1) is 0 Å². The van der Waals surface area contributed by atoms with Crippen molar-refractivity contribution in [3.63, 3.8) is 0 Å². The summed E-state index contributed by atoms with van der Waals surface area (Å²) in [6.07, 6.45) is 0. The number of carbonyl (C=O) groups is 1. The van der Waals surface area contributed by atoms with E-state index < -0.39 is 0 Å². The molecule has 0 spiro atoms. The van der Waals surface area contributed by atoms with E-state index in [1.165, 1.54) is 6.92 Å². The van der Waals surface area contributed by atoms with Gasteiger partial charge in [0.2, 0.25) is 5.91 Å². The van der Waals surface area contributed by atoms with Crippen molar-refractivity contribution in [2.24, 2.45) is 0 Å². The van der Waals surface area contributed by atoms with Crippen LogP contribution < -0.4 is 5.32 Å². The molecule has 0 aliphatic rings. The number of carbonyl (C=O) groups excluding carboxylic acids is 1. The van der Waals surface area contributed by atoms with Gasteiger partial charge in [0, 0.05) is 29.1 Å². The van der Waals surface area contributed by atoms with Crippen LogP contribution in [0.25, 0.3) is 0 Å². The van der Waals surface area contributed by atoms with Crippen molar-refractivity contribution in [2.45, 2.75) is 43.5 Å². The van der Waals surface area contributed by atoms with E-state index in [4.69, 9.17) is 0 Å². The fraction of sp³-hybridized carbons (Fsp3) is 0.312.